The lowest BCUT2D eigenvalue weighted by molar-refractivity contribution is -0.171. The van der Waals surface area contributed by atoms with E-state index < -0.39 is 6.61 Å². The number of rotatable bonds is 5. The van der Waals surface area contributed by atoms with Crippen LogP contribution >= 0.6 is 0 Å². The molecule has 5 nitrogen and oxygen atoms in total. The number of hydrogen-bond donors (Lipinski definition) is 2. The van der Waals surface area contributed by atoms with Gasteiger partial charge in [-0.25, -0.2) is 0 Å². The summed E-state index contributed by atoms with van der Waals surface area (Å²) in [6.07, 6.45) is 5.14. The zero-order valence-corrected chi connectivity index (χ0v) is 15.8. The van der Waals surface area contributed by atoms with E-state index in [2.05, 4.69) is 20.4 Å². The predicted octanol–water partition coefficient (Wildman–Crippen LogP) is 3.22. The van der Waals surface area contributed by atoms with Gasteiger partial charge in [0.15, 0.2) is 5.96 Å². The molecule has 1 heterocycles. The van der Waals surface area contributed by atoms with Crippen LogP contribution in [0.1, 0.15) is 36.8 Å². The molecule has 4 rings (SSSR count). The Kier molecular flexibility index (Phi) is 4.97. The van der Waals surface area contributed by atoms with Crippen LogP contribution in [0.2, 0.25) is 0 Å². The number of benzene rings is 1. The van der Waals surface area contributed by atoms with Crippen molar-refractivity contribution in [2.24, 2.45) is 16.3 Å². The maximum Gasteiger partial charge on any atom is 0.387 e. The summed E-state index contributed by atoms with van der Waals surface area (Å²) in [5.41, 5.74) is 1.94. The number of guanidine groups is 1. The first-order valence-corrected chi connectivity index (χ1v) is 9.66. The number of alkyl halides is 2. The Labute approximate surface area is 158 Å². The van der Waals surface area contributed by atoms with Crippen LogP contribution in [-0.2, 0) is 11.3 Å². The number of nitrogens with one attached hydrogen (secondary N) is 2. The summed E-state index contributed by atoms with van der Waals surface area (Å²) < 4.78 is 35.9. The van der Waals surface area contributed by atoms with E-state index in [0.717, 1.165) is 18.6 Å². The molecule has 2 N–H and O–H groups in total. The molecule has 1 aromatic carbocycles. The van der Waals surface area contributed by atoms with Crippen LogP contribution in [0.25, 0.3) is 0 Å². The molecule has 3 atom stereocenters. The van der Waals surface area contributed by atoms with Crippen molar-refractivity contribution in [1.29, 1.82) is 0 Å². The fraction of sp³-hybridized carbons (Fsp3) is 0.650. The van der Waals surface area contributed by atoms with Crippen LogP contribution in [0.3, 0.4) is 0 Å². The van der Waals surface area contributed by atoms with Gasteiger partial charge in [-0.3, -0.25) is 4.99 Å². The van der Waals surface area contributed by atoms with Crippen LogP contribution in [0.4, 0.5) is 8.78 Å². The van der Waals surface area contributed by atoms with E-state index in [4.69, 9.17) is 4.74 Å². The molecular weight excluding hydrogens is 352 g/mol. The minimum absolute atomic E-state index is 0.196. The van der Waals surface area contributed by atoms with Gasteiger partial charge in [-0.2, -0.15) is 8.78 Å². The van der Waals surface area contributed by atoms with Gasteiger partial charge in [0.05, 0.1) is 6.10 Å². The maximum atomic E-state index is 12.7. The zero-order valence-electron chi connectivity index (χ0n) is 15.8. The van der Waals surface area contributed by atoms with Crippen molar-refractivity contribution in [3.8, 4) is 5.75 Å². The van der Waals surface area contributed by atoms with Gasteiger partial charge < -0.3 is 20.1 Å². The molecule has 2 aliphatic carbocycles. The third-order valence-corrected chi connectivity index (χ3v) is 6.43. The summed E-state index contributed by atoms with van der Waals surface area (Å²) in [4.78, 5) is 4.34. The van der Waals surface area contributed by atoms with Crippen molar-refractivity contribution in [2.75, 3.05) is 13.7 Å². The number of fused-ring (bicyclic) bond motifs is 2. The number of halogens is 2. The fourth-order valence-electron chi connectivity index (χ4n) is 5.03. The van der Waals surface area contributed by atoms with Gasteiger partial charge in [-0.1, -0.05) is 24.1 Å². The second kappa shape index (κ2) is 7.26. The first kappa shape index (κ1) is 18.5. The van der Waals surface area contributed by atoms with Crippen molar-refractivity contribution < 1.29 is 18.3 Å². The average molecular weight is 379 g/mol. The van der Waals surface area contributed by atoms with Crippen LogP contribution in [0, 0.1) is 18.3 Å². The lowest BCUT2D eigenvalue weighted by Crippen LogP contribution is -2.72. The van der Waals surface area contributed by atoms with Crippen molar-refractivity contribution in [3.63, 3.8) is 0 Å². The van der Waals surface area contributed by atoms with Crippen molar-refractivity contribution in [3.05, 3.63) is 29.3 Å². The lowest BCUT2D eigenvalue weighted by Gasteiger charge is -2.63. The molecule has 0 aromatic heterocycles. The smallest absolute Gasteiger partial charge is 0.387 e. The number of ether oxygens (including phenoxy) is 2. The van der Waals surface area contributed by atoms with Gasteiger partial charge in [0, 0.05) is 43.1 Å². The summed E-state index contributed by atoms with van der Waals surface area (Å²) in [6, 6.07) is 5.59. The molecule has 7 heteroatoms. The molecule has 0 amide bonds. The highest BCUT2D eigenvalue weighted by molar-refractivity contribution is 5.80. The van der Waals surface area contributed by atoms with E-state index in [1.807, 2.05) is 13.0 Å². The maximum absolute atomic E-state index is 12.7. The molecule has 3 unspecified atom stereocenters. The minimum Gasteiger partial charge on any atom is -0.434 e. The van der Waals surface area contributed by atoms with Crippen molar-refractivity contribution in [2.45, 2.75) is 57.9 Å². The van der Waals surface area contributed by atoms with E-state index in [-0.39, 0.29) is 11.2 Å². The fourth-order valence-corrected chi connectivity index (χ4v) is 5.03. The highest BCUT2D eigenvalue weighted by Gasteiger charge is 2.66. The number of hydrogen-bond acceptors (Lipinski definition) is 3. The van der Waals surface area contributed by atoms with E-state index >= 15 is 0 Å². The van der Waals surface area contributed by atoms with Gasteiger partial charge >= 0.3 is 6.61 Å². The molecule has 148 valence electrons. The molecule has 0 bridgehead atoms. The van der Waals surface area contributed by atoms with Gasteiger partial charge in [-0.15, -0.1) is 0 Å². The molecule has 27 heavy (non-hydrogen) atoms. The summed E-state index contributed by atoms with van der Waals surface area (Å²) in [6.45, 7) is 0.307. The largest absolute Gasteiger partial charge is 0.434 e. The third-order valence-electron chi connectivity index (χ3n) is 6.43. The standard InChI is InChI=1S/C20H27F2N3O2/c1-12-4-5-15(27-18(21)22)13(10-12)11-24-19(23-2)25-16-14-6-9-26-17(14)20(16)7-3-8-20/h4-5,10,14,16-18H,3,6-9,11H2,1-2H3,(H2,23,24,25). The zero-order chi connectivity index (χ0) is 19.0. The van der Waals surface area contributed by atoms with Crippen LogP contribution < -0.4 is 15.4 Å². The molecular formula is C20H27F2N3O2. The van der Waals surface area contributed by atoms with Gasteiger partial charge in [0.25, 0.3) is 0 Å². The second-order valence-corrected chi connectivity index (χ2v) is 7.87. The van der Waals surface area contributed by atoms with E-state index in [1.165, 1.54) is 19.3 Å². The Morgan fingerprint density at radius 1 is 1.41 bits per heavy atom. The molecule has 3 aliphatic rings. The Hall–Kier alpha value is -1.89. The molecule has 1 spiro atoms. The molecule has 0 radical (unpaired) electrons. The van der Waals surface area contributed by atoms with Gasteiger partial charge in [0.1, 0.15) is 5.75 Å². The number of aryl methyl sites for hydroxylation is 1. The Bertz CT molecular complexity index is 721. The Morgan fingerprint density at radius 3 is 2.89 bits per heavy atom. The average Bonchev–Trinajstić information content (AvgIpc) is 3.00. The summed E-state index contributed by atoms with van der Waals surface area (Å²) in [5.74, 6) is 1.43. The first-order chi connectivity index (χ1) is 13.0. The first-order valence-electron chi connectivity index (χ1n) is 9.66. The van der Waals surface area contributed by atoms with Gasteiger partial charge in [-0.05, 0) is 32.3 Å². The summed E-state index contributed by atoms with van der Waals surface area (Å²) in [7, 11) is 1.73. The minimum atomic E-state index is -2.84. The topological polar surface area (TPSA) is 54.9 Å². The van der Waals surface area contributed by atoms with Crippen molar-refractivity contribution >= 4 is 5.96 Å². The normalized spacial score (nSPS) is 28.5. The van der Waals surface area contributed by atoms with Gasteiger partial charge in [0.2, 0.25) is 0 Å². The van der Waals surface area contributed by atoms with E-state index in [9.17, 15) is 8.78 Å². The Balaban J connectivity index is 1.41. The quantitative estimate of drug-likeness (QED) is 0.609. The molecule has 1 saturated heterocycles. The number of nitrogens with zero attached hydrogens (tertiary/aromatic N) is 1. The molecule has 3 fully saturated rings. The summed E-state index contributed by atoms with van der Waals surface area (Å²) >= 11 is 0. The van der Waals surface area contributed by atoms with Crippen molar-refractivity contribution in [1.82, 2.24) is 10.6 Å². The van der Waals surface area contributed by atoms with Crippen LogP contribution in [-0.4, -0.2) is 38.4 Å². The predicted molar refractivity (Wildman–Crippen MR) is 99.1 cm³/mol. The molecule has 1 aromatic rings. The molecule has 2 saturated carbocycles. The van der Waals surface area contributed by atoms with Crippen LogP contribution in [0.15, 0.2) is 23.2 Å². The highest BCUT2D eigenvalue weighted by atomic mass is 19.3. The summed E-state index contributed by atoms with van der Waals surface area (Å²) in [5, 5.41) is 6.85. The third kappa shape index (κ3) is 3.26. The number of aliphatic imine (C=N–C) groups is 1. The highest BCUT2D eigenvalue weighted by Crippen LogP contribution is 2.62. The second-order valence-electron chi connectivity index (χ2n) is 7.87. The SMILES string of the molecule is CN=C(NCc1cc(C)ccc1OC(F)F)NC1C2CCOC2C12CCC2. The van der Waals surface area contributed by atoms with E-state index in [1.54, 1.807) is 19.2 Å². The monoisotopic (exact) mass is 379 g/mol. The lowest BCUT2D eigenvalue weighted by atomic mass is 9.46. The van der Waals surface area contributed by atoms with Crippen LogP contribution in [0.5, 0.6) is 5.75 Å². The van der Waals surface area contributed by atoms with E-state index in [0.29, 0.717) is 36.1 Å². The Morgan fingerprint density at radius 2 is 2.22 bits per heavy atom. The molecule has 1 aliphatic heterocycles.